The fourth-order valence-electron chi connectivity index (χ4n) is 2.67. The first-order chi connectivity index (χ1) is 9.81. The first-order valence-corrected chi connectivity index (χ1v) is 7.08. The first-order valence-electron chi connectivity index (χ1n) is 7.08. The van der Waals surface area contributed by atoms with Crippen LogP contribution in [0.15, 0.2) is 30.3 Å². The molecule has 1 N–H and O–H groups in total. The SMILES string of the molecule is O=C(OCc1ccccc1)N1CC2CNC(COC2)C1. The van der Waals surface area contributed by atoms with Gasteiger partial charge in [0.1, 0.15) is 6.61 Å². The highest BCUT2D eigenvalue weighted by Gasteiger charge is 2.30. The molecule has 5 heteroatoms. The summed E-state index contributed by atoms with van der Waals surface area (Å²) < 4.78 is 11.0. The molecule has 3 rings (SSSR count). The number of carbonyl (C=O) groups is 1. The standard InChI is InChI=1S/C15H20N2O3/c18-15(20-10-12-4-2-1-3-5-12)17-7-13-6-16-14(8-17)11-19-9-13/h1-5,13-14,16H,6-11H2. The van der Waals surface area contributed by atoms with Crippen molar-refractivity contribution in [2.24, 2.45) is 5.92 Å². The van der Waals surface area contributed by atoms with Gasteiger partial charge in [-0.2, -0.15) is 0 Å². The van der Waals surface area contributed by atoms with Gasteiger partial charge in [-0.05, 0) is 5.56 Å². The molecule has 0 spiro atoms. The van der Waals surface area contributed by atoms with Gasteiger partial charge < -0.3 is 19.7 Å². The molecule has 1 aromatic rings. The van der Waals surface area contributed by atoms with Gasteiger partial charge in [0.2, 0.25) is 0 Å². The lowest BCUT2D eigenvalue weighted by Gasteiger charge is -2.27. The Kier molecular flexibility index (Phi) is 4.18. The lowest BCUT2D eigenvalue weighted by molar-refractivity contribution is 0.0481. The van der Waals surface area contributed by atoms with Gasteiger partial charge in [-0.3, -0.25) is 0 Å². The Morgan fingerprint density at radius 2 is 2.15 bits per heavy atom. The van der Waals surface area contributed by atoms with Crippen LogP contribution in [0.1, 0.15) is 5.56 Å². The Balaban J connectivity index is 1.56. The minimum absolute atomic E-state index is 0.215. The zero-order valence-corrected chi connectivity index (χ0v) is 11.5. The molecule has 2 saturated heterocycles. The van der Waals surface area contributed by atoms with Crippen molar-refractivity contribution in [1.29, 1.82) is 0 Å². The van der Waals surface area contributed by atoms with Crippen LogP contribution in [-0.4, -0.2) is 49.9 Å². The second kappa shape index (κ2) is 6.24. The predicted molar refractivity (Wildman–Crippen MR) is 74.3 cm³/mol. The molecule has 2 fully saturated rings. The Hall–Kier alpha value is -1.59. The molecule has 2 atom stereocenters. The van der Waals surface area contributed by atoms with Crippen LogP contribution in [0.4, 0.5) is 4.79 Å². The number of rotatable bonds is 2. The topological polar surface area (TPSA) is 50.8 Å². The van der Waals surface area contributed by atoms with E-state index >= 15 is 0 Å². The third-order valence-corrected chi connectivity index (χ3v) is 3.75. The Morgan fingerprint density at radius 3 is 3.00 bits per heavy atom. The van der Waals surface area contributed by atoms with Gasteiger partial charge in [0.15, 0.2) is 0 Å². The molecule has 2 unspecified atom stereocenters. The second-order valence-corrected chi connectivity index (χ2v) is 5.45. The van der Waals surface area contributed by atoms with Crippen molar-refractivity contribution < 1.29 is 14.3 Å². The van der Waals surface area contributed by atoms with Crippen LogP contribution >= 0.6 is 0 Å². The van der Waals surface area contributed by atoms with Crippen molar-refractivity contribution in [3.8, 4) is 0 Å². The van der Waals surface area contributed by atoms with Gasteiger partial charge in [0.25, 0.3) is 0 Å². The normalized spacial score (nSPS) is 25.9. The number of ether oxygens (including phenoxy) is 2. The minimum atomic E-state index is -0.227. The highest BCUT2D eigenvalue weighted by molar-refractivity contribution is 5.67. The fourth-order valence-corrected chi connectivity index (χ4v) is 2.67. The van der Waals surface area contributed by atoms with Crippen molar-refractivity contribution in [3.05, 3.63) is 35.9 Å². The number of hydrogen-bond donors (Lipinski definition) is 1. The summed E-state index contributed by atoms with van der Waals surface area (Å²) in [6.07, 6.45) is -0.227. The molecule has 108 valence electrons. The van der Waals surface area contributed by atoms with E-state index in [0.717, 1.165) is 12.1 Å². The molecule has 1 aromatic carbocycles. The molecule has 0 aromatic heterocycles. The van der Waals surface area contributed by atoms with E-state index in [1.807, 2.05) is 30.3 Å². The average molecular weight is 276 g/mol. The van der Waals surface area contributed by atoms with Gasteiger partial charge in [-0.15, -0.1) is 0 Å². The van der Waals surface area contributed by atoms with E-state index < -0.39 is 0 Å². The lowest BCUT2D eigenvalue weighted by atomic mass is 10.1. The van der Waals surface area contributed by atoms with Crippen molar-refractivity contribution in [2.45, 2.75) is 12.6 Å². The third-order valence-electron chi connectivity index (χ3n) is 3.75. The third kappa shape index (κ3) is 3.29. The van der Waals surface area contributed by atoms with Crippen molar-refractivity contribution in [1.82, 2.24) is 10.2 Å². The predicted octanol–water partition coefficient (Wildman–Crippen LogP) is 1.24. The highest BCUT2D eigenvalue weighted by Crippen LogP contribution is 2.14. The monoisotopic (exact) mass is 276 g/mol. The average Bonchev–Trinajstić information content (AvgIpc) is 2.80. The number of nitrogens with one attached hydrogen (secondary N) is 1. The maximum absolute atomic E-state index is 12.2. The van der Waals surface area contributed by atoms with Gasteiger partial charge in [0, 0.05) is 31.6 Å². The molecule has 20 heavy (non-hydrogen) atoms. The summed E-state index contributed by atoms with van der Waals surface area (Å²) in [5.41, 5.74) is 1.01. The van der Waals surface area contributed by atoms with Crippen molar-refractivity contribution in [3.63, 3.8) is 0 Å². The van der Waals surface area contributed by atoms with E-state index in [0.29, 0.717) is 38.8 Å². The largest absolute Gasteiger partial charge is 0.445 e. The van der Waals surface area contributed by atoms with E-state index in [9.17, 15) is 4.79 Å². The zero-order chi connectivity index (χ0) is 13.8. The minimum Gasteiger partial charge on any atom is -0.445 e. The summed E-state index contributed by atoms with van der Waals surface area (Å²) in [5.74, 6) is 0.353. The molecular formula is C15H20N2O3. The van der Waals surface area contributed by atoms with Crippen molar-refractivity contribution in [2.75, 3.05) is 32.8 Å². The maximum Gasteiger partial charge on any atom is 0.410 e. The summed E-state index contributed by atoms with van der Waals surface area (Å²) >= 11 is 0. The molecular weight excluding hydrogens is 256 g/mol. The lowest BCUT2D eigenvalue weighted by Crippen LogP contribution is -2.44. The molecule has 0 aliphatic carbocycles. The molecule has 2 aliphatic heterocycles. The molecule has 2 aliphatic rings. The van der Waals surface area contributed by atoms with Crippen LogP contribution in [0.3, 0.4) is 0 Å². The Labute approximate surface area is 118 Å². The Morgan fingerprint density at radius 1 is 1.30 bits per heavy atom. The number of carbonyl (C=O) groups excluding carboxylic acids is 1. The summed E-state index contributed by atoms with van der Waals surface area (Å²) in [7, 11) is 0. The van der Waals surface area contributed by atoms with E-state index in [2.05, 4.69) is 5.32 Å². The molecule has 5 nitrogen and oxygen atoms in total. The van der Waals surface area contributed by atoms with E-state index in [1.165, 1.54) is 0 Å². The highest BCUT2D eigenvalue weighted by atomic mass is 16.6. The fraction of sp³-hybridized carbons (Fsp3) is 0.533. The first kappa shape index (κ1) is 13.4. The number of nitrogens with zero attached hydrogens (tertiary/aromatic N) is 1. The van der Waals surface area contributed by atoms with Gasteiger partial charge in [0.05, 0.1) is 13.2 Å². The van der Waals surface area contributed by atoms with Gasteiger partial charge in [-0.25, -0.2) is 4.79 Å². The number of fused-ring (bicyclic) bond motifs is 3. The summed E-state index contributed by atoms with van der Waals surface area (Å²) in [5, 5.41) is 3.43. The van der Waals surface area contributed by atoms with E-state index in [4.69, 9.17) is 9.47 Å². The molecule has 0 saturated carbocycles. The number of benzene rings is 1. The summed E-state index contributed by atoms with van der Waals surface area (Å²) in [6.45, 7) is 3.98. The maximum atomic E-state index is 12.2. The van der Waals surface area contributed by atoms with E-state index in [1.54, 1.807) is 4.90 Å². The molecule has 0 radical (unpaired) electrons. The number of amides is 1. The summed E-state index contributed by atoms with van der Waals surface area (Å²) in [4.78, 5) is 14.0. The van der Waals surface area contributed by atoms with Crippen LogP contribution in [0, 0.1) is 5.92 Å². The molecule has 2 bridgehead atoms. The van der Waals surface area contributed by atoms with Crippen LogP contribution < -0.4 is 5.32 Å². The van der Waals surface area contributed by atoms with Crippen LogP contribution in [0.25, 0.3) is 0 Å². The second-order valence-electron chi connectivity index (χ2n) is 5.45. The zero-order valence-electron chi connectivity index (χ0n) is 11.5. The Bertz CT molecular complexity index is 438. The molecule has 1 amide bonds. The van der Waals surface area contributed by atoms with Crippen molar-refractivity contribution >= 4 is 6.09 Å². The van der Waals surface area contributed by atoms with Gasteiger partial charge in [-0.1, -0.05) is 30.3 Å². The molecule has 2 heterocycles. The van der Waals surface area contributed by atoms with Crippen LogP contribution in [-0.2, 0) is 16.1 Å². The van der Waals surface area contributed by atoms with E-state index in [-0.39, 0.29) is 12.1 Å². The smallest absolute Gasteiger partial charge is 0.410 e. The summed E-state index contributed by atoms with van der Waals surface area (Å²) in [6, 6.07) is 9.97. The quantitative estimate of drug-likeness (QED) is 0.883. The van der Waals surface area contributed by atoms with Gasteiger partial charge >= 0.3 is 6.09 Å². The van der Waals surface area contributed by atoms with Crippen LogP contribution in [0.2, 0.25) is 0 Å². The van der Waals surface area contributed by atoms with Crippen LogP contribution in [0.5, 0.6) is 0 Å². The number of hydrogen-bond acceptors (Lipinski definition) is 4.